The van der Waals surface area contributed by atoms with E-state index in [4.69, 9.17) is 4.74 Å². The Labute approximate surface area is 186 Å². The van der Waals surface area contributed by atoms with Gasteiger partial charge in [0.05, 0.1) is 0 Å². The summed E-state index contributed by atoms with van der Waals surface area (Å²) >= 11 is 0. The number of ether oxygens (including phenoxy) is 1. The Bertz CT molecular complexity index is 1040. The van der Waals surface area contributed by atoms with Crippen LogP contribution in [0.5, 0.6) is 0 Å². The first-order valence-electron chi connectivity index (χ1n) is 11.1. The first-order chi connectivity index (χ1) is 15.4. The van der Waals surface area contributed by atoms with Gasteiger partial charge in [0, 0.05) is 12.0 Å². The van der Waals surface area contributed by atoms with E-state index >= 15 is 0 Å². The maximum absolute atomic E-state index is 13.0. The van der Waals surface area contributed by atoms with Crippen molar-refractivity contribution >= 4 is 18.0 Å². The number of amides is 2. The molecule has 2 saturated heterocycles. The number of alkyl carbamates (subject to hydrolysis) is 1. The second kappa shape index (κ2) is 7.65. The lowest BCUT2D eigenvalue weighted by molar-refractivity contribution is -0.156. The molecule has 2 aromatic carbocycles. The highest BCUT2D eigenvalue weighted by Gasteiger charge is 2.59. The smallest absolute Gasteiger partial charge is 0.407 e. The van der Waals surface area contributed by atoms with E-state index in [-0.39, 0.29) is 24.5 Å². The highest BCUT2D eigenvalue weighted by molar-refractivity contribution is 5.92. The van der Waals surface area contributed by atoms with Crippen LogP contribution >= 0.6 is 0 Å². The van der Waals surface area contributed by atoms with Crippen molar-refractivity contribution in [3.8, 4) is 11.1 Å². The number of carbonyl (C=O) groups excluding carboxylic acids is 2. The van der Waals surface area contributed by atoms with Crippen LogP contribution in [0.15, 0.2) is 48.5 Å². The zero-order chi connectivity index (χ0) is 22.5. The lowest BCUT2D eigenvalue weighted by Crippen LogP contribution is -2.56. The van der Waals surface area contributed by atoms with Gasteiger partial charge < -0.3 is 20.1 Å². The van der Waals surface area contributed by atoms with Gasteiger partial charge in [-0.25, -0.2) is 9.59 Å². The summed E-state index contributed by atoms with van der Waals surface area (Å²) in [5.41, 5.74) is 3.39. The van der Waals surface area contributed by atoms with Crippen molar-refractivity contribution in [2.75, 3.05) is 6.61 Å². The van der Waals surface area contributed by atoms with Crippen molar-refractivity contribution in [3.05, 3.63) is 59.7 Å². The van der Waals surface area contributed by atoms with Crippen LogP contribution in [-0.2, 0) is 14.3 Å². The third-order valence-corrected chi connectivity index (χ3v) is 7.29. The van der Waals surface area contributed by atoms with Crippen molar-refractivity contribution in [2.45, 2.75) is 56.1 Å². The summed E-state index contributed by atoms with van der Waals surface area (Å²) in [5, 5.41) is 12.3. The number of nitrogens with zero attached hydrogens (tertiary/aromatic N) is 1. The second-order valence-corrected chi connectivity index (χ2v) is 8.97. The number of benzene rings is 2. The number of hydrogen-bond acceptors (Lipinski definition) is 4. The Balaban J connectivity index is 1.24. The number of hydrogen-bond donors (Lipinski definition) is 2. The van der Waals surface area contributed by atoms with E-state index in [0.29, 0.717) is 25.7 Å². The van der Waals surface area contributed by atoms with Gasteiger partial charge in [0.15, 0.2) is 0 Å². The van der Waals surface area contributed by atoms with Crippen molar-refractivity contribution in [1.29, 1.82) is 0 Å². The van der Waals surface area contributed by atoms with Gasteiger partial charge in [-0.15, -0.1) is 0 Å². The second-order valence-electron chi connectivity index (χ2n) is 8.97. The van der Waals surface area contributed by atoms with Gasteiger partial charge in [0.1, 0.15) is 18.2 Å². The molecule has 2 amide bonds. The van der Waals surface area contributed by atoms with Gasteiger partial charge >= 0.3 is 12.1 Å². The summed E-state index contributed by atoms with van der Waals surface area (Å²) in [6.07, 6.45) is 1.64. The van der Waals surface area contributed by atoms with Crippen LogP contribution in [0.25, 0.3) is 11.1 Å². The predicted octanol–water partition coefficient (Wildman–Crippen LogP) is 3.52. The molecule has 0 saturated carbocycles. The molecule has 32 heavy (non-hydrogen) atoms. The summed E-state index contributed by atoms with van der Waals surface area (Å²) in [6.45, 7) is 1.74. The largest absolute Gasteiger partial charge is 0.479 e. The van der Waals surface area contributed by atoms with E-state index in [0.717, 1.165) is 22.3 Å². The Hall–Kier alpha value is -3.35. The average Bonchev–Trinajstić information content (AvgIpc) is 3.46. The minimum absolute atomic E-state index is 0.0645. The van der Waals surface area contributed by atoms with Crippen LogP contribution in [0.2, 0.25) is 0 Å². The monoisotopic (exact) mass is 434 g/mol. The molecule has 1 aliphatic carbocycles. The number of fused-ring (bicyclic) bond motifs is 5. The van der Waals surface area contributed by atoms with Crippen molar-refractivity contribution < 1.29 is 24.2 Å². The number of rotatable bonds is 5. The Morgan fingerprint density at radius 2 is 1.62 bits per heavy atom. The molecule has 166 valence electrons. The van der Waals surface area contributed by atoms with Gasteiger partial charge in [0.2, 0.25) is 5.91 Å². The fourth-order valence-electron chi connectivity index (χ4n) is 5.72. The van der Waals surface area contributed by atoms with Crippen LogP contribution in [0, 0.1) is 0 Å². The standard InChI is InChI=1S/C25H26N2O5/c1-15(22(28)27-16-10-12-25(27,13-11-16)23(29)30)26-24(31)32-14-21-19-8-4-2-6-17(19)18-7-3-5-9-20(18)21/h2-9,15-16,21H,10-14H2,1H3,(H,26,31)(H,29,30). The van der Waals surface area contributed by atoms with E-state index in [1.165, 1.54) is 4.90 Å². The molecule has 2 aliphatic heterocycles. The summed E-state index contributed by atoms with van der Waals surface area (Å²) in [5.74, 6) is -1.39. The zero-order valence-electron chi connectivity index (χ0n) is 17.9. The first kappa shape index (κ1) is 20.5. The van der Waals surface area contributed by atoms with E-state index < -0.39 is 23.6 Å². The van der Waals surface area contributed by atoms with Gasteiger partial charge in [-0.2, -0.15) is 0 Å². The first-order valence-corrected chi connectivity index (χ1v) is 11.1. The average molecular weight is 434 g/mol. The van der Waals surface area contributed by atoms with Crippen LogP contribution in [0.4, 0.5) is 4.79 Å². The quantitative estimate of drug-likeness (QED) is 0.751. The summed E-state index contributed by atoms with van der Waals surface area (Å²) in [7, 11) is 0. The number of nitrogens with one attached hydrogen (secondary N) is 1. The van der Waals surface area contributed by atoms with Gasteiger partial charge in [-0.05, 0) is 54.9 Å². The topological polar surface area (TPSA) is 95.9 Å². The normalized spacial score (nSPS) is 24.0. The summed E-state index contributed by atoms with van der Waals surface area (Å²) < 4.78 is 5.53. The van der Waals surface area contributed by atoms with Crippen LogP contribution < -0.4 is 5.32 Å². The molecule has 2 bridgehead atoms. The number of aliphatic carboxylic acids is 1. The highest BCUT2D eigenvalue weighted by Crippen LogP contribution is 2.47. The number of carboxylic acid groups (broad SMARTS) is 1. The number of carboxylic acids is 1. The molecule has 5 rings (SSSR count). The Morgan fingerprint density at radius 3 is 2.19 bits per heavy atom. The van der Waals surface area contributed by atoms with Crippen molar-refractivity contribution in [2.24, 2.45) is 0 Å². The molecule has 2 fully saturated rings. The minimum Gasteiger partial charge on any atom is -0.479 e. The molecule has 2 heterocycles. The number of carbonyl (C=O) groups is 3. The molecule has 0 radical (unpaired) electrons. The minimum atomic E-state index is -1.13. The lowest BCUT2D eigenvalue weighted by Gasteiger charge is -2.32. The molecular formula is C25H26N2O5. The van der Waals surface area contributed by atoms with Crippen molar-refractivity contribution in [3.63, 3.8) is 0 Å². The molecule has 1 atom stereocenters. The fourth-order valence-corrected chi connectivity index (χ4v) is 5.72. The van der Waals surface area contributed by atoms with Crippen LogP contribution in [-0.4, -0.2) is 52.2 Å². The molecule has 3 aliphatic rings. The molecule has 1 unspecified atom stereocenters. The maximum atomic E-state index is 13.0. The molecule has 7 nitrogen and oxygen atoms in total. The molecule has 2 N–H and O–H groups in total. The third-order valence-electron chi connectivity index (χ3n) is 7.29. The third kappa shape index (κ3) is 3.06. The van der Waals surface area contributed by atoms with Gasteiger partial charge in [-0.3, -0.25) is 4.79 Å². The Morgan fingerprint density at radius 1 is 1.06 bits per heavy atom. The van der Waals surface area contributed by atoms with Gasteiger partial charge in [-0.1, -0.05) is 48.5 Å². The Kier molecular flexibility index (Phi) is 4.92. The van der Waals surface area contributed by atoms with Crippen LogP contribution in [0.3, 0.4) is 0 Å². The van der Waals surface area contributed by atoms with E-state index in [2.05, 4.69) is 17.4 Å². The summed E-state index contributed by atoms with van der Waals surface area (Å²) in [6, 6.07) is 15.2. The van der Waals surface area contributed by atoms with E-state index in [1.807, 2.05) is 36.4 Å². The maximum Gasteiger partial charge on any atom is 0.407 e. The summed E-state index contributed by atoms with van der Waals surface area (Å²) in [4.78, 5) is 38.9. The van der Waals surface area contributed by atoms with Crippen LogP contribution in [0.1, 0.15) is 49.7 Å². The van der Waals surface area contributed by atoms with Gasteiger partial charge in [0.25, 0.3) is 0 Å². The van der Waals surface area contributed by atoms with Crippen molar-refractivity contribution in [1.82, 2.24) is 10.2 Å². The molecule has 0 spiro atoms. The van der Waals surface area contributed by atoms with E-state index in [1.54, 1.807) is 6.92 Å². The molecule has 7 heteroatoms. The SMILES string of the molecule is CC(NC(=O)OCC1c2ccccc2-c2ccccc21)C(=O)N1C2CCC1(C(=O)O)CC2. The fraction of sp³-hybridized carbons (Fsp3) is 0.400. The highest BCUT2D eigenvalue weighted by atomic mass is 16.5. The van der Waals surface area contributed by atoms with E-state index in [9.17, 15) is 19.5 Å². The zero-order valence-corrected chi connectivity index (χ0v) is 17.9. The molecule has 2 aromatic rings. The molecule has 0 aromatic heterocycles. The molecular weight excluding hydrogens is 408 g/mol. The predicted molar refractivity (Wildman–Crippen MR) is 117 cm³/mol. The lowest BCUT2D eigenvalue weighted by atomic mass is 9.88.